The average Bonchev–Trinajstić information content (AvgIpc) is 2.68. The zero-order valence-electron chi connectivity index (χ0n) is 17.6. The number of carbonyl (C=O) groups excluding carboxylic acids is 2. The van der Waals surface area contributed by atoms with Gasteiger partial charge in [-0.2, -0.15) is 0 Å². The Bertz CT molecular complexity index is 1010. The van der Waals surface area contributed by atoms with Crippen molar-refractivity contribution in [1.29, 1.82) is 0 Å². The summed E-state index contributed by atoms with van der Waals surface area (Å²) in [5, 5.41) is 40.2. The maximum absolute atomic E-state index is 12.8. The Morgan fingerprint density at radius 3 is 2.10 bits per heavy atom. The van der Waals surface area contributed by atoms with Gasteiger partial charge in [0, 0.05) is 17.2 Å². The molecule has 0 fully saturated rings. The number of methoxy groups -OCH3 is 1. The van der Waals surface area contributed by atoms with Crippen LogP contribution in [-0.4, -0.2) is 52.1 Å². The van der Waals surface area contributed by atoms with Crippen LogP contribution in [0.1, 0.15) is 43.0 Å². The fraction of sp³-hybridized carbons (Fsp3) is 0.333. The first-order valence-corrected chi connectivity index (χ1v) is 9.07. The van der Waals surface area contributed by atoms with Crippen LogP contribution >= 0.6 is 12.4 Å². The molecule has 0 bridgehead atoms. The number of nitrogens with two attached hydrogens (primary N) is 1. The second kappa shape index (κ2) is 10.3. The third kappa shape index (κ3) is 5.19. The molecule has 0 amide bonds. The molecule has 0 saturated carbocycles. The molecule has 0 saturated heterocycles. The van der Waals surface area contributed by atoms with Gasteiger partial charge in [0.1, 0.15) is 34.1 Å². The first-order chi connectivity index (χ1) is 14.0. The normalized spacial score (nSPS) is 11.4. The van der Waals surface area contributed by atoms with Crippen molar-refractivity contribution in [3.05, 3.63) is 45.5 Å². The van der Waals surface area contributed by atoms with Crippen molar-refractivity contribution in [3.63, 3.8) is 0 Å². The number of hydrogen-bond donors (Lipinski definition) is 5. The second-order valence-electron chi connectivity index (χ2n) is 6.98. The highest BCUT2D eigenvalue weighted by molar-refractivity contribution is 5.98. The smallest absolute Gasteiger partial charge is 0.347 e. The number of benzene rings is 2. The van der Waals surface area contributed by atoms with Crippen LogP contribution in [0.3, 0.4) is 0 Å². The maximum atomic E-state index is 12.8. The Labute approximate surface area is 185 Å². The largest absolute Gasteiger partial charge is 0.508 e. The van der Waals surface area contributed by atoms with E-state index in [2.05, 4.69) is 4.74 Å². The van der Waals surface area contributed by atoms with Gasteiger partial charge in [-0.25, -0.2) is 9.59 Å². The summed E-state index contributed by atoms with van der Waals surface area (Å²) in [6.07, 6.45) is -0.0680. The number of phenolic OH excluding ortho intramolecular Hbond substituents is 3. The molecule has 10 heteroatoms. The number of aliphatic hydroxyl groups is 1. The molecule has 0 heterocycles. The maximum Gasteiger partial charge on any atom is 0.347 e. The van der Waals surface area contributed by atoms with Crippen molar-refractivity contribution in [2.45, 2.75) is 33.2 Å². The third-order valence-corrected chi connectivity index (χ3v) is 4.78. The number of carbonyl (C=O) groups is 2. The second-order valence-corrected chi connectivity index (χ2v) is 6.98. The lowest BCUT2D eigenvalue weighted by Gasteiger charge is -2.17. The molecule has 170 valence electrons. The molecule has 6 N–H and O–H groups in total. The number of aliphatic hydroxyl groups excluding tert-OH is 1. The van der Waals surface area contributed by atoms with Gasteiger partial charge in [0.05, 0.1) is 13.7 Å². The zero-order valence-corrected chi connectivity index (χ0v) is 18.4. The molecule has 0 aromatic heterocycles. The van der Waals surface area contributed by atoms with Crippen molar-refractivity contribution >= 4 is 24.3 Å². The van der Waals surface area contributed by atoms with E-state index < -0.39 is 23.7 Å². The highest BCUT2D eigenvalue weighted by atomic mass is 35.5. The third-order valence-electron chi connectivity index (χ3n) is 4.78. The van der Waals surface area contributed by atoms with Gasteiger partial charge in [0.2, 0.25) is 0 Å². The van der Waals surface area contributed by atoms with Crippen LogP contribution < -0.4 is 10.5 Å². The molecule has 31 heavy (non-hydrogen) atoms. The number of aromatic hydroxyl groups is 3. The fourth-order valence-corrected chi connectivity index (χ4v) is 3.09. The van der Waals surface area contributed by atoms with Gasteiger partial charge in [-0.1, -0.05) is 0 Å². The summed E-state index contributed by atoms with van der Waals surface area (Å²) >= 11 is 0. The van der Waals surface area contributed by atoms with Crippen LogP contribution in [0, 0.1) is 20.8 Å². The van der Waals surface area contributed by atoms with Gasteiger partial charge in [-0.3, -0.25) is 0 Å². The van der Waals surface area contributed by atoms with Crippen LogP contribution in [0.2, 0.25) is 0 Å². The Morgan fingerprint density at radius 2 is 1.55 bits per heavy atom. The fourth-order valence-electron chi connectivity index (χ4n) is 3.09. The lowest BCUT2D eigenvalue weighted by atomic mass is 9.97. The van der Waals surface area contributed by atoms with E-state index in [1.807, 2.05) is 0 Å². The Balaban J connectivity index is 0.00000480. The first-order valence-electron chi connectivity index (χ1n) is 9.07. The van der Waals surface area contributed by atoms with Crippen molar-refractivity contribution in [3.8, 4) is 23.0 Å². The quantitative estimate of drug-likeness (QED) is 0.324. The van der Waals surface area contributed by atoms with Crippen LogP contribution in [0.4, 0.5) is 0 Å². The summed E-state index contributed by atoms with van der Waals surface area (Å²) in [6, 6.07) is 1.93. The SMILES string of the molecule is COC(=O)c1c(C)cc(OC(=O)c2c(C)cc(O)c(CC(N)CO)c2O)c(C)c1O.Cl. The average molecular weight is 456 g/mol. The summed E-state index contributed by atoms with van der Waals surface area (Å²) in [4.78, 5) is 24.7. The van der Waals surface area contributed by atoms with E-state index in [0.29, 0.717) is 5.56 Å². The summed E-state index contributed by atoms with van der Waals surface area (Å²) in [5.41, 5.74) is 6.16. The van der Waals surface area contributed by atoms with Crippen LogP contribution in [-0.2, 0) is 11.2 Å². The minimum atomic E-state index is -0.934. The molecule has 9 nitrogen and oxygen atoms in total. The molecule has 2 rings (SSSR count). The Hall–Kier alpha value is -3.01. The molecule has 0 radical (unpaired) electrons. The van der Waals surface area contributed by atoms with E-state index in [0.717, 1.165) is 0 Å². The molecule has 0 aliphatic rings. The number of phenols is 3. The van der Waals surface area contributed by atoms with Crippen LogP contribution in [0.5, 0.6) is 23.0 Å². The number of halogens is 1. The molecule has 1 unspecified atom stereocenters. The van der Waals surface area contributed by atoms with Gasteiger partial charge in [0.15, 0.2) is 0 Å². The molecular formula is C21H26ClNO8. The highest BCUT2D eigenvalue weighted by Crippen LogP contribution is 2.37. The topological polar surface area (TPSA) is 160 Å². The van der Waals surface area contributed by atoms with Crippen molar-refractivity contribution < 1.29 is 39.5 Å². The Morgan fingerprint density at radius 1 is 1.00 bits per heavy atom. The molecular weight excluding hydrogens is 430 g/mol. The van der Waals surface area contributed by atoms with Gasteiger partial charge >= 0.3 is 11.9 Å². The van der Waals surface area contributed by atoms with E-state index in [4.69, 9.17) is 15.6 Å². The van der Waals surface area contributed by atoms with Gasteiger partial charge in [-0.05, 0) is 50.5 Å². The molecule has 0 aliphatic heterocycles. The van der Waals surface area contributed by atoms with E-state index in [-0.39, 0.29) is 70.5 Å². The zero-order chi connectivity index (χ0) is 22.7. The van der Waals surface area contributed by atoms with Crippen LogP contribution in [0.25, 0.3) is 0 Å². The van der Waals surface area contributed by atoms with E-state index in [1.54, 1.807) is 6.92 Å². The Kier molecular flexibility index (Phi) is 8.68. The lowest BCUT2D eigenvalue weighted by molar-refractivity contribution is 0.0596. The van der Waals surface area contributed by atoms with Gasteiger partial charge in [0.25, 0.3) is 0 Å². The predicted molar refractivity (Wildman–Crippen MR) is 114 cm³/mol. The molecule has 0 spiro atoms. The molecule has 1 atom stereocenters. The number of esters is 2. The minimum Gasteiger partial charge on any atom is -0.508 e. The lowest BCUT2D eigenvalue weighted by Crippen LogP contribution is -2.27. The monoisotopic (exact) mass is 455 g/mol. The van der Waals surface area contributed by atoms with Gasteiger partial charge < -0.3 is 35.6 Å². The number of hydrogen-bond acceptors (Lipinski definition) is 9. The first kappa shape index (κ1) is 26.0. The predicted octanol–water partition coefficient (Wildman–Crippen LogP) is 2.02. The summed E-state index contributed by atoms with van der Waals surface area (Å²) in [5.74, 6) is -2.84. The van der Waals surface area contributed by atoms with E-state index in [1.165, 1.54) is 33.1 Å². The number of ether oxygens (including phenoxy) is 2. The van der Waals surface area contributed by atoms with Crippen molar-refractivity contribution in [2.24, 2.45) is 5.73 Å². The molecule has 2 aromatic carbocycles. The number of aryl methyl sites for hydroxylation is 2. The standard InChI is InChI=1S/C21H25NO8.ClH/c1-9-5-14(24)13(7-12(22)8-23)19(26)17(9)21(28)30-15-6-10(2)16(20(27)29-4)18(25)11(15)3;/h5-6,12,23-26H,7-8,22H2,1-4H3;1H. The summed E-state index contributed by atoms with van der Waals surface area (Å²) in [6.45, 7) is 4.12. The van der Waals surface area contributed by atoms with Crippen molar-refractivity contribution in [2.75, 3.05) is 13.7 Å². The summed E-state index contributed by atoms with van der Waals surface area (Å²) < 4.78 is 10.0. The summed E-state index contributed by atoms with van der Waals surface area (Å²) in [7, 11) is 1.18. The van der Waals surface area contributed by atoms with Crippen molar-refractivity contribution in [1.82, 2.24) is 0 Å². The van der Waals surface area contributed by atoms with Gasteiger partial charge in [-0.15, -0.1) is 12.4 Å². The molecule has 2 aromatic rings. The highest BCUT2D eigenvalue weighted by Gasteiger charge is 2.26. The van der Waals surface area contributed by atoms with E-state index >= 15 is 0 Å². The van der Waals surface area contributed by atoms with Crippen LogP contribution in [0.15, 0.2) is 12.1 Å². The van der Waals surface area contributed by atoms with E-state index in [9.17, 15) is 24.9 Å². The minimum absolute atomic E-state index is 0. The molecule has 0 aliphatic carbocycles. The number of rotatable bonds is 6.